The number of anilines is 1. The zero-order valence-corrected chi connectivity index (χ0v) is 18.3. The fraction of sp³-hybridized carbons (Fsp3) is 0.375. The van der Waals surface area contributed by atoms with Crippen molar-refractivity contribution in [2.24, 2.45) is 5.92 Å². The van der Waals surface area contributed by atoms with E-state index in [-0.39, 0.29) is 23.8 Å². The Morgan fingerprint density at radius 3 is 2.43 bits per heavy atom. The molecule has 0 bridgehead atoms. The molecular formula is C24H30N4O2. The van der Waals surface area contributed by atoms with Crippen LogP contribution in [-0.4, -0.2) is 27.4 Å². The molecule has 1 heterocycles. The Morgan fingerprint density at radius 2 is 1.80 bits per heavy atom. The highest BCUT2D eigenvalue weighted by atomic mass is 16.2. The Balaban J connectivity index is 2.12. The fourth-order valence-electron chi connectivity index (χ4n) is 3.28. The number of aryl methyl sites for hydroxylation is 1. The second kappa shape index (κ2) is 9.11. The van der Waals surface area contributed by atoms with Gasteiger partial charge in [-0.2, -0.15) is 0 Å². The predicted molar refractivity (Wildman–Crippen MR) is 121 cm³/mol. The molecule has 30 heavy (non-hydrogen) atoms. The van der Waals surface area contributed by atoms with Gasteiger partial charge >= 0.3 is 0 Å². The molecule has 2 N–H and O–H groups in total. The number of imidazole rings is 1. The van der Waals surface area contributed by atoms with Crippen LogP contribution in [0.5, 0.6) is 0 Å². The summed E-state index contributed by atoms with van der Waals surface area (Å²) in [7, 11) is 0. The topological polar surface area (TPSA) is 76.0 Å². The monoisotopic (exact) mass is 406 g/mol. The summed E-state index contributed by atoms with van der Waals surface area (Å²) >= 11 is 0. The van der Waals surface area contributed by atoms with Gasteiger partial charge in [-0.05, 0) is 38.0 Å². The number of hydrogen-bond acceptors (Lipinski definition) is 3. The van der Waals surface area contributed by atoms with Gasteiger partial charge in [-0.3, -0.25) is 9.59 Å². The van der Waals surface area contributed by atoms with Crippen molar-refractivity contribution in [2.45, 2.75) is 53.6 Å². The first-order valence-corrected chi connectivity index (χ1v) is 10.5. The maximum atomic E-state index is 13.1. The summed E-state index contributed by atoms with van der Waals surface area (Å²) in [4.78, 5) is 30.1. The molecule has 6 nitrogen and oxygen atoms in total. The van der Waals surface area contributed by atoms with Crippen LogP contribution in [0.1, 0.15) is 55.9 Å². The van der Waals surface area contributed by atoms with Gasteiger partial charge in [-0.15, -0.1) is 0 Å². The van der Waals surface area contributed by atoms with Gasteiger partial charge in [0.25, 0.3) is 5.91 Å². The zero-order valence-electron chi connectivity index (χ0n) is 18.3. The number of benzene rings is 2. The van der Waals surface area contributed by atoms with Gasteiger partial charge in [0.2, 0.25) is 5.91 Å². The Kier molecular flexibility index (Phi) is 6.55. The molecule has 2 amide bonds. The van der Waals surface area contributed by atoms with Crippen molar-refractivity contribution in [3.8, 4) is 0 Å². The smallest absolute Gasteiger partial charge is 0.253 e. The Labute approximate surface area is 177 Å². The van der Waals surface area contributed by atoms with Crippen molar-refractivity contribution in [3.05, 3.63) is 59.4 Å². The lowest BCUT2D eigenvalue weighted by atomic mass is 10.1. The van der Waals surface area contributed by atoms with E-state index in [1.165, 1.54) is 0 Å². The lowest BCUT2D eigenvalue weighted by molar-refractivity contribution is -0.118. The molecule has 0 unspecified atom stereocenters. The summed E-state index contributed by atoms with van der Waals surface area (Å²) in [5.74, 6) is 0.404. The molecule has 0 fully saturated rings. The number of carbonyl (C=O) groups is 2. The van der Waals surface area contributed by atoms with Gasteiger partial charge in [-0.1, -0.05) is 51.1 Å². The minimum atomic E-state index is -0.163. The Morgan fingerprint density at radius 1 is 1.10 bits per heavy atom. The number of nitrogens with one attached hydrogen (secondary N) is 2. The summed E-state index contributed by atoms with van der Waals surface area (Å²) in [5.41, 5.74) is 3.70. The van der Waals surface area contributed by atoms with Gasteiger partial charge in [-0.25, -0.2) is 4.98 Å². The Hall–Kier alpha value is -3.15. The van der Waals surface area contributed by atoms with E-state index in [0.29, 0.717) is 23.3 Å². The van der Waals surface area contributed by atoms with Crippen molar-refractivity contribution in [1.82, 2.24) is 14.9 Å². The summed E-state index contributed by atoms with van der Waals surface area (Å²) in [5, 5.41) is 5.96. The van der Waals surface area contributed by atoms with Crippen LogP contribution in [0, 0.1) is 12.8 Å². The molecule has 1 aromatic heterocycles. The van der Waals surface area contributed by atoms with Crippen molar-refractivity contribution < 1.29 is 9.59 Å². The van der Waals surface area contributed by atoms with Crippen LogP contribution in [-0.2, 0) is 11.3 Å². The van der Waals surface area contributed by atoms with Crippen LogP contribution in [0.2, 0.25) is 0 Å². The van der Waals surface area contributed by atoms with Gasteiger partial charge in [0.15, 0.2) is 0 Å². The van der Waals surface area contributed by atoms with Crippen LogP contribution in [0.25, 0.3) is 11.0 Å². The molecule has 3 aromatic rings. The first-order valence-electron chi connectivity index (χ1n) is 10.5. The van der Waals surface area contributed by atoms with Gasteiger partial charge in [0.05, 0.1) is 16.6 Å². The minimum absolute atomic E-state index is 0.0491. The number of fused-ring (bicyclic) bond motifs is 1. The third-order valence-corrected chi connectivity index (χ3v) is 5.24. The highest BCUT2D eigenvalue weighted by molar-refractivity contribution is 6.08. The van der Waals surface area contributed by atoms with E-state index in [1.807, 2.05) is 58.9 Å². The van der Waals surface area contributed by atoms with Crippen LogP contribution in [0.3, 0.4) is 0 Å². The highest BCUT2D eigenvalue weighted by Crippen LogP contribution is 2.27. The zero-order chi connectivity index (χ0) is 21.8. The first-order chi connectivity index (χ1) is 14.3. The highest BCUT2D eigenvalue weighted by Gasteiger charge is 2.20. The van der Waals surface area contributed by atoms with Gasteiger partial charge < -0.3 is 15.2 Å². The lowest BCUT2D eigenvalue weighted by Crippen LogP contribution is -2.32. The molecule has 158 valence electrons. The van der Waals surface area contributed by atoms with E-state index in [9.17, 15) is 9.59 Å². The van der Waals surface area contributed by atoms with Crippen molar-refractivity contribution in [2.75, 3.05) is 5.32 Å². The molecular weight excluding hydrogens is 376 g/mol. The average Bonchev–Trinajstić information content (AvgIpc) is 3.02. The molecule has 0 saturated carbocycles. The summed E-state index contributed by atoms with van der Waals surface area (Å²) < 4.78 is 2.06. The van der Waals surface area contributed by atoms with Crippen molar-refractivity contribution in [1.29, 1.82) is 0 Å². The maximum Gasteiger partial charge on any atom is 0.253 e. The molecule has 0 radical (unpaired) electrons. The van der Waals surface area contributed by atoms with E-state index in [1.54, 1.807) is 6.07 Å². The Bertz CT molecular complexity index is 1050. The molecule has 0 saturated heterocycles. The summed E-state index contributed by atoms with van der Waals surface area (Å²) in [6.45, 7) is 10.2. The minimum Gasteiger partial charge on any atom is -0.350 e. The number of nitrogens with zero attached hydrogens (tertiary/aromatic N) is 2. The molecule has 0 aliphatic carbocycles. The number of aromatic nitrogens is 2. The molecule has 3 rings (SSSR count). The average molecular weight is 407 g/mol. The number of amides is 2. The first kappa shape index (κ1) is 21.6. The van der Waals surface area contributed by atoms with E-state index < -0.39 is 0 Å². The standard InChI is InChI=1S/C24H30N4O2/c1-6-16(4)25-24(30)20-12-19(27-23(29)15(2)3)13-21-22(20)28(17(5)26-21)14-18-10-8-7-9-11-18/h7-13,15-16H,6,14H2,1-5H3,(H,25,30)(H,27,29)/t16-/m0/s1. The lowest BCUT2D eigenvalue weighted by Gasteiger charge is -2.16. The largest absolute Gasteiger partial charge is 0.350 e. The maximum absolute atomic E-state index is 13.1. The van der Waals surface area contributed by atoms with Gasteiger partial charge in [0, 0.05) is 24.2 Å². The fourth-order valence-corrected chi connectivity index (χ4v) is 3.28. The van der Waals surface area contributed by atoms with Crippen LogP contribution < -0.4 is 10.6 Å². The summed E-state index contributed by atoms with van der Waals surface area (Å²) in [6, 6.07) is 13.7. The second-order valence-corrected chi connectivity index (χ2v) is 8.05. The quantitative estimate of drug-likeness (QED) is 0.606. The molecule has 1 atom stereocenters. The third-order valence-electron chi connectivity index (χ3n) is 5.24. The normalized spacial score (nSPS) is 12.2. The van der Waals surface area contributed by atoms with E-state index in [2.05, 4.69) is 27.3 Å². The number of rotatable bonds is 7. The number of carbonyl (C=O) groups excluding carboxylic acids is 2. The van der Waals surface area contributed by atoms with Crippen LogP contribution in [0.15, 0.2) is 42.5 Å². The van der Waals surface area contributed by atoms with Crippen LogP contribution in [0.4, 0.5) is 5.69 Å². The molecule has 2 aromatic carbocycles. The third kappa shape index (κ3) is 4.70. The van der Waals surface area contributed by atoms with E-state index in [4.69, 9.17) is 4.98 Å². The molecule has 0 aliphatic rings. The van der Waals surface area contributed by atoms with Gasteiger partial charge in [0.1, 0.15) is 5.82 Å². The number of hydrogen-bond donors (Lipinski definition) is 2. The van der Waals surface area contributed by atoms with E-state index in [0.717, 1.165) is 23.3 Å². The molecule has 0 aliphatic heterocycles. The van der Waals surface area contributed by atoms with Crippen LogP contribution >= 0.6 is 0 Å². The second-order valence-electron chi connectivity index (χ2n) is 8.05. The molecule has 6 heteroatoms. The SMILES string of the molecule is CC[C@H](C)NC(=O)c1cc(NC(=O)C(C)C)cc2nc(C)n(Cc3ccccc3)c12. The predicted octanol–water partition coefficient (Wildman–Crippen LogP) is 4.52. The van der Waals surface area contributed by atoms with Crippen molar-refractivity contribution in [3.63, 3.8) is 0 Å². The van der Waals surface area contributed by atoms with E-state index >= 15 is 0 Å². The summed E-state index contributed by atoms with van der Waals surface area (Å²) in [6.07, 6.45) is 0.834. The molecule has 0 spiro atoms. The van der Waals surface area contributed by atoms with Crippen molar-refractivity contribution >= 4 is 28.5 Å².